The van der Waals surface area contributed by atoms with Crippen LogP contribution in [0.15, 0.2) is 36.4 Å². The van der Waals surface area contributed by atoms with Gasteiger partial charge in [-0.05, 0) is 50.6 Å². The summed E-state index contributed by atoms with van der Waals surface area (Å²) >= 11 is 6.31. The Balaban J connectivity index is 2.33. The molecule has 0 spiro atoms. The summed E-state index contributed by atoms with van der Waals surface area (Å²) in [6.07, 6.45) is 0. The van der Waals surface area contributed by atoms with Crippen LogP contribution < -0.4 is 9.47 Å². The zero-order chi connectivity index (χ0) is 20.0. The predicted molar refractivity (Wildman–Crippen MR) is 105 cm³/mol. The van der Waals surface area contributed by atoms with Crippen LogP contribution in [0.4, 0.5) is 0 Å². The Morgan fingerprint density at radius 1 is 1.26 bits per heavy atom. The third-order valence-electron chi connectivity index (χ3n) is 4.09. The van der Waals surface area contributed by atoms with Crippen LogP contribution >= 0.6 is 11.6 Å². The molecule has 0 saturated carbocycles. The summed E-state index contributed by atoms with van der Waals surface area (Å²) in [4.78, 5) is 14.9. The molecule has 0 atom stereocenters. The molecule has 0 N–H and O–H groups in total. The van der Waals surface area contributed by atoms with E-state index in [2.05, 4.69) is 6.07 Å². The molecule has 27 heavy (non-hydrogen) atoms. The molecule has 1 amide bonds. The Kier molecular flexibility index (Phi) is 7.09. The number of nitrogens with zero attached hydrogens (tertiary/aromatic N) is 2. The summed E-state index contributed by atoms with van der Waals surface area (Å²) in [5.74, 6) is 0.703. The molecule has 2 aromatic rings. The second-order valence-corrected chi connectivity index (χ2v) is 6.67. The highest BCUT2D eigenvalue weighted by molar-refractivity contribution is 6.32. The van der Waals surface area contributed by atoms with E-state index in [-0.39, 0.29) is 11.9 Å². The van der Waals surface area contributed by atoms with E-state index >= 15 is 0 Å². The van der Waals surface area contributed by atoms with Crippen molar-refractivity contribution < 1.29 is 14.3 Å². The van der Waals surface area contributed by atoms with Crippen LogP contribution in [0.5, 0.6) is 11.5 Å². The number of rotatable bonds is 7. The van der Waals surface area contributed by atoms with Crippen LogP contribution in [-0.4, -0.2) is 30.6 Å². The maximum Gasteiger partial charge on any atom is 0.254 e. The summed E-state index contributed by atoms with van der Waals surface area (Å²) in [7, 11) is 1.51. The first kappa shape index (κ1) is 20.6. The van der Waals surface area contributed by atoms with Gasteiger partial charge in [-0.2, -0.15) is 5.26 Å². The summed E-state index contributed by atoms with van der Waals surface area (Å²) < 4.78 is 10.9. The smallest absolute Gasteiger partial charge is 0.254 e. The number of hydrogen-bond acceptors (Lipinski definition) is 4. The predicted octanol–water partition coefficient (Wildman–Crippen LogP) is 4.67. The van der Waals surface area contributed by atoms with Crippen molar-refractivity contribution in [1.29, 1.82) is 5.26 Å². The van der Waals surface area contributed by atoms with E-state index in [0.717, 1.165) is 5.56 Å². The molecular formula is C21H23ClN2O3. The monoisotopic (exact) mass is 386 g/mol. The number of hydrogen-bond donors (Lipinski definition) is 0. The van der Waals surface area contributed by atoms with Gasteiger partial charge in [0.25, 0.3) is 5.91 Å². The van der Waals surface area contributed by atoms with Gasteiger partial charge >= 0.3 is 0 Å². The third kappa shape index (κ3) is 4.93. The van der Waals surface area contributed by atoms with Gasteiger partial charge < -0.3 is 14.4 Å². The van der Waals surface area contributed by atoms with Crippen molar-refractivity contribution in [3.8, 4) is 17.6 Å². The molecule has 2 rings (SSSR count). The molecule has 2 aromatic carbocycles. The first-order valence-corrected chi connectivity index (χ1v) is 9.09. The highest BCUT2D eigenvalue weighted by atomic mass is 35.5. The van der Waals surface area contributed by atoms with E-state index in [1.807, 2.05) is 32.9 Å². The van der Waals surface area contributed by atoms with Crippen molar-refractivity contribution in [2.75, 3.05) is 13.7 Å². The Morgan fingerprint density at radius 2 is 1.93 bits per heavy atom. The highest BCUT2D eigenvalue weighted by Crippen LogP contribution is 2.37. The number of benzene rings is 2. The topological polar surface area (TPSA) is 62.6 Å². The van der Waals surface area contributed by atoms with E-state index in [1.54, 1.807) is 29.2 Å². The molecule has 142 valence electrons. The lowest BCUT2D eigenvalue weighted by molar-refractivity contribution is 0.0690. The number of ether oxygens (including phenoxy) is 2. The highest BCUT2D eigenvalue weighted by Gasteiger charge is 2.22. The second kappa shape index (κ2) is 9.29. The summed E-state index contributed by atoms with van der Waals surface area (Å²) in [5.41, 5.74) is 1.96. The number of carbonyl (C=O) groups is 1. The summed E-state index contributed by atoms with van der Waals surface area (Å²) in [6.45, 7) is 6.63. The Hall–Kier alpha value is -2.71. The van der Waals surface area contributed by atoms with Gasteiger partial charge in [0.1, 0.15) is 0 Å². The number of halogens is 1. The van der Waals surface area contributed by atoms with Crippen molar-refractivity contribution in [2.45, 2.75) is 33.4 Å². The zero-order valence-corrected chi connectivity index (χ0v) is 16.7. The minimum absolute atomic E-state index is 0.0236. The molecule has 0 heterocycles. The summed E-state index contributed by atoms with van der Waals surface area (Å²) in [6, 6.07) is 12.5. The average Bonchev–Trinajstić information content (AvgIpc) is 2.67. The van der Waals surface area contributed by atoms with Crippen molar-refractivity contribution in [3.05, 3.63) is 58.1 Å². The van der Waals surface area contributed by atoms with Gasteiger partial charge in [-0.3, -0.25) is 4.79 Å². The Morgan fingerprint density at radius 3 is 2.44 bits per heavy atom. The molecule has 0 unspecified atom stereocenters. The molecule has 0 aromatic heterocycles. The zero-order valence-electron chi connectivity index (χ0n) is 16.0. The van der Waals surface area contributed by atoms with Gasteiger partial charge in [-0.15, -0.1) is 0 Å². The van der Waals surface area contributed by atoms with Crippen LogP contribution in [0.25, 0.3) is 0 Å². The Bertz CT molecular complexity index is 842. The van der Waals surface area contributed by atoms with Crippen molar-refractivity contribution >= 4 is 17.5 Å². The normalized spacial score (nSPS) is 10.4. The molecular weight excluding hydrogens is 364 g/mol. The fourth-order valence-electron chi connectivity index (χ4n) is 2.66. The van der Waals surface area contributed by atoms with E-state index in [1.165, 1.54) is 7.11 Å². The van der Waals surface area contributed by atoms with Gasteiger partial charge in [0, 0.05) is 18.2 Å². The molecule has 0 fully saturated rings. The SMILES string of the molecule is CCOc1c(Cl)cc(C(=O)N(Cc2ccc(C#N)cc2)C(C)C)cc1OC. The van der Waals surface area contributed by atoms with E-state index in [4.69, 9.17) is 26.3 Å². The summed E-state index contributed by atoms with van der Waals surface area (Å²) in [5, 5.41) is 9.26. The van der Waals surface area contributed by atoms with E-state index in [9.17, 15) is 4.79 Å². The molecule has 0 aliphatic carbocycles. The second-order valence-electron chi connectivity index (χ2n) is 6.26. The molecule has 0 aliphatic rings. The van der Waals surface area contributed by atoms with E-state index in [0.29, 0.717) is 40.8 Å². The molecule has 0 radical (unpaired) electrons. The lowest BCUT2D eigenvalue weighted by Gasteiger charge is -2.27. The largest absolute Gasteiger partial charge is 0.493 e. The quantitative estimate of drug-likeness (QED) is 0.693. The number of nitriles is 1. The van der Waals surface area contributed by atoms with Gasteiger partial charge in [0.2, 0.25) is 0 Å². The molecule has 6 heteroatoms. The minimum atomic E-state index is -0.155. The van der Waals surface area contributed by atoms with Gasteiger partial charge in [-0.25, -0.2) is 0 Å². The maximum atomic E-state index is 13.1. The molecule has 5 nitrogen and oxygen atoms in total. The molecule has 0 saturated heterocycles. The van der Waals surface area contributed by atoms with Crippen LogP contribution in [0.2, 0.25) is 5.02 Å². The maximum absolute atomic E-state index is 13.1. The average molecular weight is 387 g/mol. The van der Waals surface area contributed by atoms with Crippen molar-refractivity contribution in [1.82, 2.24) is 4.90 Å². The van der Waals surface area contributed by atoms with Gasteiger partial charge in [0.05, 0.1) is 30.4 Å². The number of carbonyl (C=O) groups excluding carboxylic acids is 1. The lowest BCUT2D eigenvalue weighted by atomic mass is 10.1. The van der Waals surface area contributed by atoms with E-state index < -0.39 is 0 Å². The van der Waals surface area contributed by atoms with Gasteiger partial charge in [-0.1, -0.05) is 23.7 Å². The fourth-order valence-corrected chi connectivity index (χ4v) is 2.93. The first-order valence-electron chi connectivity index (χ1n) is 8.71. The van der Waals surface area contributed by atoms with Crippen LogP contribution in [0, 0.1) is 11.3 Å². The number of methoxy groups -OCH3 is 1. The third-order valence-corrected chi connectivity index (χ3v) is 4.37. The van der Waals surface area contributed by atoms with Crippen molar-refractivity contribution in [2.24, 2.45) is 0 Å². The Labute approximate surface area is 165 Å². The molecule has 0 aliphatic heterocycles. The first-order chi connectivity index (χ1) is 12.9. The lowest BCUT2D eigenvalue weighted by Crippen LogP contribution is -2.36. The fraction of sp³-hybridized carbons (Fsp3) is 0.333. The number of amides is 1. The van der Waals surface area contributed by atoms with Crippen LogP contribution in [-0.2, 0) is 6.54 Å². The van der Waals surface area contributed by atoms with Crippen molar-refractivity contribution in [3.63, 3.8) is 0 Å². The van der Waals surface area contributed by atoms with Crippen LogP contribution in [0.3, 0.4) is 0 Å². The minimum Gasteiger partial charge on any atom is -0.493 e. The van der Waals surface area contributed by atoms with Gasteiger partial charge in [0.15, 0.2) is 11.5 Å². The van der Waals surface area contributed by atoms with Crippen LogP contribution in [0.1, 0.15) is 42.3 Å². The molecule has 0 bridgehead atoms. The standard InChI is InChI=1S/C21H23ClN2O3/c1-5-27-20-18(22)10-17(11-19(20)26-4)21(25)24(14(2)3)13-16-8-6-15(12-23)7-9-16/h6-11,14H,5,13H2,1-4H3.